The van der Waals surface area contributed by atoms with Crippen LogP contribution >= 0.6 is 0 Å². The van der Waals surface area contributed by atoms with Gasteiger partial charge in [0, 0.05) is 11.0 Å². The van der Waals surface area contributed by atoms with Crippen LogP contribution in [0.4, 0.5) is 0 Å². The maximum atomic E-state index is 13.2. The Hall–Kier alpha value is -1.94. The molecule has 0 aliphatic heterocycles. The molecule has 1 spiro atoms. The van der Waals surface area contributed by atoms with Crippen LogP contribution in [0.25, 0.3) is 11.3 Å². The van der Waals surface area contributed by atoms with Crippen molar-refractivity contribution in [1.29, 1.82) is 0 Å². The van der Waals surface area contributed by atoms with Crippen LogP contribution in [0.1, 0.15) is 69.3 Å². The van der Waals surface area contributed by atoms with E-state index in [1.807, 2.05) is 19.9 Å². The Morgan fingerprint density at radius 3 is 2.62 bits per heavy atom. The first-order valence-electron chi connectivity index (χ1n) is 9.93. The molecule has 1 heterocycles. The van der Waals surface area contributed by atoms with Crippen molar-refractivity contribution in [3.8, 4) is 11.3 Å². The zero-order chi connectivity index (χ0) is 18.1. The van der Waals surface area contributed by atoms with Crippen molar-refractivity contribution in [1.82, 2.24) is 9.97 Å². The maximum Gasteiger partial charge on any atom is 0.255 e. The van der Waals surface area contributed by atoms with Crippen LogP contribution in [0, 0.1) is 0 Å². The molecule has 4 rings (SSSR count). The number of aromatic nitrogens is 2. The number of rotatable bonds is 3. The molecule has 0 atom stereocenters. The van der Waals surface area contributed by atoms with E-state index >= 15 is 0 Å². The lowest BCUT2D eigenvalue weighted by Crippen LogP contribution is -2.39. The maximum absolute atomic E-state index is 13.2. The van der Waals surface area contributed by atoms with Crippen LogP contribution in [0.5, 0.6) is 0 Å². The second-order valence-electron chi connectivity index (χ2n) is 8.12. The third-order valence-electron chi connectivity index (χ3n) is 5.91. The molecule has 2 aliphatic carbocycles. The summed E-state index contributed by atoms with van der Waals surface area (Å²) in [5.74, 6) is 0.628. The monoisotopic (exact) mass is 352 g/mol. The quantitative estimate of drug-likeness (QED) is 0.884. The van der Waals surface area contributed by atoms with Crippen LogP contribution in [0.15, 0.2) is 29.1 Å². The minimum atomic E-state index is -0.0573. The van der Waals surface area contributed by atoms with Gasteiger partial charge in [-0.05, 0) is 38.7 Å². The van der Waals surface area contributed by atoms with Crippen molar-refractivity contribution in [2.24, 2.45) is 0 Å². The number of hydrogen-bond donors (Lipinski definition) is 1. The van der Waals surface area contributed by atoms with Crippen molar-refractivity contribution in [3.63, 3.8) is 0 Å². The van der Waals surface area contributed by atoms with E-state index in [0.29, 0.717) is 12.4 Å². The molecule has 1 N–H and O–H groups in total. The highest BCUT2D eigenvalue weighted by Gasteiger charge is 2.42. The molecule has 0 saturated heterocycles. The molecule has 0 radical (unpaired) electrons. The molecule has 2 aromatic rings. The fourth-order valence-corrected chi connectivity index (χ4v) is 4.71. The zero-order valence-electron chi connectivity index (χ0n) is 15.8. The summed E-state index contributed by atoms with van der Waals surface area (Å²) >= 11 is 0. The molecule has 138 valence electrons. The van der Waals surface area contributed by atoms with E-state index in [0.717, 1.165) is 36.1 Å². The number of hydrogen-bond acceptors (Lipinski definition) is 3. The summed E-state index contributed by atoms with van der Waals surface area (Å²) in [6.07, 6.45) is 8.16. The molecule has 1 aromatic heterocycles. The largest absolute Gasteiger partial charge is 0.371 e. The Labute approximate surface area is 155 Å². The first-order chi connectivity index (χ1) is 12.6. The molecular weight excluding hydrogens is 324 g/mol. The van der Waals surface area contributed by atoms with Crippen molar-refractivity contribution in [2.45, 2.75) is 76.9 Å². The summed E-state index contributed by atoms with van der Waals surface area (Å²) in [7, 11) is 0. The highest BCUT2D eigenvalue weighted by atomic mass is 16.5. The second kappa shape index (κ2) is 6.99. The third kappa shape index (κ3) is 3.11. The molecule has 0 unspecified atom stereocenters. The predicted molar refractivity (Wildman–Crippen MR) is 103 cm³/mol. The molecule has 4 nitrogen and oxygen atoms in total. The Kier molecular flexibility index (Phi) is 4.70. The lowest BCUT2D eigenvalue weighted by atomic mass is 9.65. The van der Waals surface area contributed by atoms with Gasteiger partial charge >= 0.3 is 0 Å². The minimum absolute atomic E-state index is 0.0359. The minimum Gasteiger partial charge on any atom is -0.371 e. The molecule has 1 saturated carbocycles. The topological polar surface area (TPSA) is 55.0 Å². The fourth-order valence-electron chi connectivity index (χ4n) is 4.71. The van der Waals surface area contributed by atoms with Gasteiger partial charge in [-0.1, -0.05) is 49.9 Å². The van der Waals surface area contributed by atoms with E-state index in [2.05, 4.69) is 23.2 Å². The van der Waals surface area contributed by atoms with Crippen molar-refractivity contribution in [3.05, 3.63) is 51.6 Å². The molecule has 0 bridgehead atoms. The Bertz CT molecular complexity index is 845. The van der Waals surface area contributed by atoms with Gasteiger partial charge in [0.2, 0.25) is 0 Å². The summed E-state index contributed by atoms with van der Waals surface area (Å²) < 4.78 is 5.69. The molecule has 1 aromatic carbocycles. The van der Waals surface area contributed by atoms with Crippen molar-refractivity contribution >= 4 is 0 Å². The number of ether oxygens (including phenoxy) is 1. The zero-order valence-corrected chi connectivity index (χ0v) is 15.8. The summed E-state index contributed by atoms with van der Waals surface area (Å²) in [6.45, 7) is 4.33. The van der Waals surface area contributed by atoms with Crippen LogP contribution in [0.3, 0.4) is 0 Å². The predicted octanol–water partition coefficient (Wildman–Crippen LogP) is 4.51. The van der Waals surface area contributed by atoms with Gasteiger partial charge in [-0.15, -0.1) is 0 Å². The first-order valence-corrected chi connectivity index (χ1v) is 9.93. The number of H-pyrrole nitrogens is 1. The second-order valence-corrected chi connectivity index (χ2v) is 8.12. The number of nitrogens with zero attached hydrogens (tertiary/aromatic N) is 1. The average Bonchev–Trinajstić information content (AvgIpc) is 2.85. The van der Waals surface area contributed by atoms with Crippen molar-refractivity contribution in [2.75, 3.05) is 0 Å². The Balaban J connectivity index is 1.87. The summed E-state index contributed by atoms with van der Waals surface area (Å²) in [5.41, 5.74) is 4.24. The van der Waals surface area contributed by atoms with Gasteiger partial charge in [-0.2, -0.15) is 0 Å². The highest BCUT2D eigenvalue weighted by molar-refractivity contribution is 5.71. The van der Waals surface area contributed by atoms with Crippen molar-refractivity contribution < 1.29 is 4.74 Å². The highest BCUT2D eigenvalue weighted by Crippen LogP contribution is 2.47. The first kappa shape index (κ1) is 17.5. The third-order valence-corrected chi connectivity index (χ3v) is 5.91. The average molecular weight is 352 g/mol. The summed E-state index contributed by atoms with van der Waals surface area (Å²) in [4.78, 5) is 21.1. The molecule has 1 fully saturated rings. The van der Waals surface area contributed by atoms with E-state index in [-0.39, 0.29) is 17.1 Å². The number of benzene rings is 1. The van der Waals surface area contributed by atoms with Crippen LogP contribution < -0.4 is 5.56 Å². The van der Waals surface area contributed by atoms with E-state index in [4.69, 9.17) is 9.72 Å². The Morgan fingerprint density at radius 2 is 1.88 bits per heavy atom. The van der Waals surface area contributed by atoms with E-state index in [9.17, 15) is 4.79 Å². The smallest absolute Gasteiger partial charge is 0.255 e. The van der Waals surface area contributed by atoms with Crippen LogP contribution in [-0.2, 0) is 23.2 Å². The number of nitrogens with one attached hydrogen (secondary N) is 1. The molecule has 26 heavy (non-hydrogen) atoms. The lowest BCUT2D eigenvalue weighted by molar-refractivity contribution is 0.0611. The summed E-state index contributed by atoms with van der Waals surface area (Å²) in [5, 5.41) is 0. The normalized spacial score (nSPS) is 18.4. The lowest BCUT2D eigenvalue weighted by Gasteiger charge is -2.38. The molecule has 4 heteroatoms. The van der Waals surface area contributed by atoms with E-state index in [1.165, 1.54) is 31.2 Å². The summed E-state index contributed by atoms with van der Waals surface area (Å²) in [6, 6.07) is 8.46. The van der Waals surface area contributed by atoms with Gasteiger partial charge < -0.3 is 9.72 Å². The van der Waals surface area contributed by atoms with Gasteiger partial charge in [-0.25, -0.2) is 4.98 Å². The van der Waals surface area contributed by atoms with Gasteiger partial charge in [0.05, 0.1) is 17.4 Å². The molecule has 0 amide bonds. The standard InChI is InChI=1S/C22H28N2O2/c1-15(2)26-14-18-23-20-17-10-6-5-9-16(17)13-22(19(20)21(25)24-18)11-7-3-4-8-12-22/h5-6,9-10,15H,3-4,7-8,11-14H2,1-2H3,(H,23,24,25). The Morgan fingerprint density at radius 1 is 1.15 bits per heavy atom. The van der Waals surface area contributed by atoms with Gasteiger partial charge in [0.15, 0.2) is 0 Å². The van der Waals surface area contributed by atoms with Crippen LogP contribution in [0.2, 0.25) is 0 Å². The van der Waals surface area contributed by atoms with E-state index < -0.39 is 0 Å². The fraction of sp³-hybridized carbons (Fsp3) is 0.545. The van der Waals surface area contributed by atoms with Gasteiger partial charge in [-0.3, -0.25) is 4.79 Å². The molecular formula is C22H28N2O2. The van der Waals surface area contributed by atoms with Gasteiger partial charge in [0.25, 0.3) is 5.56 Å². The SMILES string of the molecule is CC(C)OCc1nc2c(c(=O)[nH]1)C1(CCCCCC1)Cc1ccccc1-2. The number of aromatic amines is 1. The number of fused-ring (bicyclic) bond motifs is 4. The van der Waals surface area contributed by atoms with Gasteiger partial charge in [0.1, 0.15) is 12.4 Å². The molecule has 2 aliphatic rings. The van der Waals surface area contributed by atoms with Crippen LogP contribution in [-0.4, -0.2) is 16.1 Å². The van der Waals surface area contributed by atoms with E-state index in [1.54, 1.807) is 0 Å².